The topological polar surface area (TPSA) is 79.4 Å². The van der Waals surface area contributed by atoms with Crippen LogP contribution >= 0.6 is 0 Å². The molecular formula is C13H14N3O3. The first kappa shape index (κ1) is 14.6. The third kappa shape index (κ3) is 3.74. The molecule has 0 aliphatic carbocycles. The Morgan fingerprint density at radius 3 is 2.89 bits per heavy atom. The number of pyridine rings is 1. The van der Waals surface area contributed by atoms with Crippen LogP contribution in [0.25, 0.3) is 0 Å². The Bertz CT molecular complexity index is 500. The van der Waals surface area contributed by atoms with Gasteiger partial charge in [0, 0.05) is 12.6 Å². The van der Waals surface area contributed by atoms with Gasteiger partial charge in [-0.05, 0) is 18.2 Å². The molecule has 1 aromatic heterocycles. The highest BCUT2D eigenvalue weighted by molar-refractivity contribution is 6.05. The average Bonchev–Trinajstić information content (AvgIpc) is 2.44. The Hall–Kier alpha value is -2.50. The second-order valence-electron chi connectivity index (χ2n) is 3.55. The molecule has 1 radical (unpaired) electrons. The summed E-state index contributed by atoms with van der Waals surface area (Å²) in [6.45, 7) is 4.78. The van der Waals surface area contributed by atoms with Gasteiger partial charge in [0.05, 0.1) is 12.2 Å². The van der Waals surface area contributed by atoms with Gasteiger partial charge in [-0.15, -0.1) is 0 Å². The van der Waals surface area contributed by atoms with Gasteiger partial charge < -0.3 is 5.32 Å². The first-order chi connectivity index (χ1) is 9.13. The fraction of sp³-hybridized carbons (Fsp3) is 0.231. The Balaban J connectivity index is 3.14. The second kappa shape index (κ2) is 7.05. The molecule has 6 nitrogen and oxygen atoms in total. The van der Waals surface area contributed by atoms with Gasteiger partial charge >= 0.3 is 0 Å². The lowest BCUT2D eigenvalue weighted by Crippen LogP contribution is -2.32. The summed E-state index contributed by atoms with van der Waals surface area (Å²) in [5.41, 5.74) is 0.361. The van der Waals surface area contributed by atoms with Crippen molar-refractivity contribution in [3.05, 3.63) is 31.0 Å². The smallest absolute Gasteiger partial charge is 0.252 e. The number of rotatable bonds is 6. The van der Waals surface area contributed by atoms with Crippen LogP contribution in [0.2, 0.25) is 0 Å². The lowest BCUT2D eigenvalue weighted by Gasteiger charge is -2.20. The summed E-state index contributed by atoms with van der Waals surface area (Å²) >= 11 is 0. The molecule has 1 heterocycles. The lowest BCUT2D eigenvalue weighted by atomic mass is 10.3. The van der Waals surface area contributed by atoms with Crippen molar-refractivity contribution in [2.24, 2.45) is 0 Å². The van der Waals surface area contributed by atoms with Crippen molar-refractivity contribution < 1.29 is 14.4 Å². The maximum absolute atomic E-state index is 11.7. The monoisotopic (exact) mass is 260 g/mol. The number of carbonyl (C=O) groups excluding carboxylic acids is 3. The molecule has 19 heavy (non-hydrogen) atoms. The zero-order valence-corrected chi connectivity index (χ0v) is 10.5. The first-order valence-electron chi connectivity index (χ1n) is 5.67. The highest BCUT2D eigenvalue weighted by Gasteiger charge is 2.18. The van der Waals surface area contributed by atoms with Gasteiger partial charge in [0.25, 0.3) is 5.91 Å². The molecule has 0 aliphatic rings. The molecule has 6 heteroatoms. The van der Waals surface area contributed by atoms with Crippen LogP contribution in [0.3, 0.4) is 0 Å². The third-order valence-corrected chi connectivity index (χ3v) is 2.30. The summed E-state index contributed by atoms with van der Waals surface area (Å²) < 4.78 is 0. The van der Waals surface area contributed by atoms with Gasteiger partial charge in [-0.3, -0.25) is 19.3 Å². The normalized spacial score (nSPS) is 9.53. The van der Waals surface area contributed by atoms with Gasteiger partial charge in [-0.25, -0.2) is 4.98 Å². The van der Waals surface area contributed by atoms with Crippen molar-refractivity contribution in [2.75, 3.05) is 16.8 Å². The van der Waals surface area contributed by atoms with Crippen molar-refractivity contribution in [1.29, 1.82) is 0 Å². The van der Waals surface area contributed by atoms with Crippen LogP contribution in [0, 0.1) is 0 Å². The minimum absolute atomic E-state index is 0.192. The third-order valence-electron chi connectivity index (χ3n) is 2.30. The van der Waals surface area contributed by atoms with Crippen molar-refractivity contribution in [3.63, 3.8) is 0 Å². The number of anilines is 2. The zero-order chi connectivity index (χ0) is 14.3. The molecule has 1 rings (SSSR count). The van der Waals surface area contributed by atoms with E-state index >= 15 is 0 Å². The molecule has 2 amide bonds. The minimum Gasteiger partial charge on any atom is -0.323 e. The summed E-state index contributed by atoms with van der Waals surface area (Å²) in [5.74, 6) is -0.512. The maximum atomic E-state index is 11.7. The number of hydrogen-bond acceptors (Lipinski definition) is 4. The van der Waals surface area contributed by atoms with Crippen LogP contribution < -0.4 is 10.2 Å². The van der Waals surface area contributed by atoms with Crippen LogP contribution in [0.5, 0.6) is 0 Å². The molecule has 0 aromatic carbocycles. The standard InChI is InChI=1S/C13H14N3O3/c1-3-11(18)15-10-6-5-7-14-13(10)16(8-9-17)12(19)4-2/h4-7H,2-3,8H2,1H3,(H,15,18). The molecule has 99 valence electrons. The highest BCUT2D eigenvalue weighted by Crippen LogP contribution is 2.22. The van der Waals surface area contributed by atoms with Crippen LogP contribution in [0.4, 0.5) is 11.5 Å². The number of nitrogens with zero attached hydrogens (tertiary/aromatic N) is 2. The van der Waals surface area contributed by atoms with Crippen LogP contribution in [-0.2, 0) is 14.4 Å². The van der Waals surface area contributed by atoms with Gasteiger partial charge in [-0.1, -0.05) is 13.5 Å². The van der Waals surface area contributed by atoms with Crippen molar-refractivity contribution >= 4 is 29.6 Å². The number of hydrogen-bond donors (Lipinski definition) is 1. The number of carbonyl (C=O) groups is 2. The van der Waals surface area contributed by atoms with Crippen LogP contribution in [0.15, 0.2) is 31.0 Å². The molecule has 0 aliphatic heterocycles. The van der Waals surface area contributed by atoms with E-state index in [0.717, 1.165) is 11.0 Å². The van der Waals surface area contributed by atoms with E-state index in [1.54, 1.807) is 25.3 Å². The fourth-order valence-electron chi connectivity index (χ4n) is 1.38. The molecule has 0 fully saturated rings. The van der Waals surface area contributed by atoms with Gasteiger partial charge in [0.15, 0.2) is 5.82 Å². The number of amides is 2. The van der Waals surface area contributed by atoms with E-state index in [9.17, 15) is 14.4 Å². The van der Waals surface area contributed by atoms with E-state index in [0.29, 0.717) is 12.1 Å². The predicted molar refractivity (Wildman–Crippen MR) is 71.4 cm³/mol. The van der Waals surface area contributed by atoms with E-state index in [2.05, 4.69) is 16.9 Å². The van der Waals surface area contributed by atoms with Gasteiger partial charge in [0.2, 0.25) is 12.2 Å². The molecule has 1 N–H and O–H groups in total. The summed E-state index contributed by atoms with van der Waals surface area (Å²) in [4.78, 5) is 38.7. The van der Waals surface area contributed by atoms with E-state index in [4.69, 9.17) is 0 Å². The van der Waals surface area contributed by atoms with E-state index in [1.165, 1.54) is 6.20 Å². The molecule has 0 unspecified atom stereocenters. The molecule has 1 aromatic rings. The summed E-state index contributed by atoms with van der Waals surface area (Å²) in [7, 11) is 0. The molecule has 0 saturated heterocycles. The molecule has 0 saturated carbocycles. The maximum Gasteiger partial charge on any atom is 0.252 e. The fourth-order valence-corrected chi connectivity index (χ4v) is 1.38. The summed E-state index contributed by atoms with van der Waals surface area (Å²) in [5, 5.41) is 2.62. The Morgan fingerprint density at radius 2 is 2.32 bits per heavy atom. The van der Waals surface area contributed by atoms with Crippen molar-refractivity contribution in [2.45, 2.75) is 13.3 Å². The van der Waals surface area contributed by atoms with E-state index in [-0.39, 0.29) is 18.3 Å². The average molecular weight is 260 g/mol. The van der Waals surface area contributed by atoms with Crippen LogP contribution in [0.1, 0.15) is 13.3 Å². The molecule has 0 spiro atoms. The molecular weight excluding hydrogens is 246 g/mol. The van der Waals surface area contributed by atoms with Crippen LogP contribution in [-0.4, -0.2) is 29.6 Å². The van der Waals surface area contributed by atoms with Crippen molar-refractivity contribution in [3.8, 4) is 0 Å². The zero-order valence-electron chi connectivity index (χ0n) is 10.5. The summed E-state index contributed by atoms with van der Waals surface area (Å²) in [6, 6.07) is 3.22. The van der Waals surface area contributed by atoms with Gasteiger partial charge in [-0.2, -0.15) is 0 Å². The lowest BCUT2D eigenvalue weighted by molar-refractivity contribution is -0.116. The number of nitrogens with one attached hydrogen (secondary N) is 1. The first-order valence-corrected chi connectivity index (χ1v) is 5.67. The van der Waals surface area contributed by atoms with Crippen molar-refractivity contribution in [1.82, 2.24) is 4.98 Å². The molecule has 0 atom stereocenters. The Morgan fingerprint density at radius 1 is 1.58 bits per heavy atom. The quantitative estimate of drug-likeness (QED) is 0.775. The SMILES string of the molecule is C=CC(=O)N(C[C]=O)c1ncccc1NC(=O)CC. The predicted octanol–water partition coefficient (Wildman–Crippen LogP) is 1.06. The van der Waals surface area contributed by atoms with Gasteiger partial charge in [0.1, 0.15) is 0 Å². The van der Waals surface area contributed by atoms with E-state index < -0.39 is 5.91 Å². The number of aromatic nitrogens is 1. The molecule has 0 bridgehead atoms. The Kier molecular flexibility index (Phi) is 5.40. The minimum atomic E-state index is -0.492. The summed E-state index contributed by atoms with van der Waals surface area (Å²) in [6.07, 6.45) is 4.46. The Labute approximate surface area is 111 Å². The van der Waals surface area contributed by atoms with E-state index in [1.807, 2.05) is 0 Å². The second-order valence-corrected chi connectivity index (χ2v) is 3.55. The largest absolute Gasteiger partial charge is 0.323 e. The highest BCUT2D eigenvalue weighted by atomic mass is 16.2.